The van der Waals surface area contributed by atoms with Gasteiger partial charge >= 0.3 is 0 Å². The number of nitrogens with zero attached hydrogens (tertiary/aromatic N) is 4. The Bertz CT molecular complexity index is 665. The van der Waals surface area contributed by atoms with E-state index in [0.717, 1.165) is 29.2 Å². The molecule has 4 rings (SSSR count). The summed E-state index contributed by atoms with van der Waals surface area (Å²) in [7, 11) is 0. The fraction of sp³-hybridized carbons (Fsp3) is 0.500. The molecule has 0 atom stereocenters. The van der Waals surface area contributed by atoms with Gasteiger partial charge < -0.3 is 15.0 Å². The summed E-state index contributed by atoms with van der Waals surface area (Å²) in [5.74, 6) is 2.88. The van der Waals surface area contributed by atoms with E-state index >= 15 is 0 Å². The van der Waals surface area contributed by atoms with E-state index in [1.54, 1.807) is 6.20 Å². The van der Waals surface area contributed by atoms with Crippen LogP contribution in [-0.4, -0.2) is 46.5 Å². The zero-order chi connectivity index (χ0) is 14.9. The predicted molar refractivity (Wildman–Crippen MR) is 86.6 cm³/mol. The molecule has 1 saturated carbocycles. The minimum absolute atomic E-state index is 0.654. The fourth-order valence-corrected chi connectivity index (χ4v) is 2.78. The smallest absolute Gasteiger partial charge is 0.227 e. The molecule has 2 fully saturated rings. The number of hydrogen-bond donors (Lipinski definition) is 2. The topological polar surface area (TPSA) is 79.0 Å². The zero-order valence-corrected chi connectivity index (χ0v) is 13.6. The number of ether oxygens (including phenoxy) is 1. The van der Waals surface area contributed by atoms with Crippen LogP contribution in [-0.2, 0) is 4.74 Å². The van der Waals surface area contributed by atoms with Crippen molar-refractivity contribution >= 4 is 33.5 Å². The minimum Gasteiger partial charge on any atom is -0.378 e. The van der Waals surface area contributed by atoms with Crippen molar-refractivity contribution < 1.29 is 4.74 Å². The highest BCUT2D eigenvalue weighted by molar-refractivity contribution is 9.10. The van der Waals surface area contributed by atoms with Gasteiger partial charge in [-0.25, -0.2) is 4.98 Å². The van der Waals surface area contributed by atoms with Crippen LogP contribution in [0.3, 0.4) is 0 Å². The van der Waals surface area contributed by atoms with Gasteiger partial charge in [0.1, 0.15) is 0 Å². The fourth-order valence-electron chi connectivity index (χ4n) is 2.49. The Kier molecular flexibility index (Phi) is 3.71. The molecule has 1 aliphatic carbocycles. The Balaban J connectivity index is 1.54. The third kappa shape index (κ3) is 2.93. The second kappa shape index (κ2) is 5.85. The molecule has 7 nitrogen and oxygen atoms in total. The van der Waals surface area contributed by atoms with E-state index in [2.05, 4.69) is 52.4 Å². The van der Waals surface area contributed by atoms with Gasteiger partial charge in [-0.1, -0.05) is 0 Å². The Morgan fingerprint density at radius 1 is 1.32 bits per heavy atom. The minimum atomic E-state index is 0.654. The lowest BCUT2D eigenvalue weighted by atomic mass is 10.3. The molecule has 0 unspecified atom stereocenters. The van der Waals surface area contributed by atoms with Crippen LogP contribution in [0.1, 0.15) is 24.5 Å². The number of nitrogens with one attached hydrogen (secondary N) is 2. The van der Waals surface area contributed by atoms with E-state index < -0.39 is 0 Å². The first-order valence-corrected chi connectivity index (χ1v) is 8.26. The second-order valence-corrected chi connectivity index (χ2v) is 6.43. The van der Waals surface area contributed by atoms with Crippen molar-refractivity contribution in [3.63, 3.8) is 0 Å². The van der Waals surface area contributed by atoms with Crippen molar-refractivity contribution in [2.75, 3.05) is 36.5 Å². The molecule has 116 valence electrons. The maximum absolute atomic E-state index is 5.37. The summed E-state index contributed by atoms with van der Waals surface area (Å²) < 4.78 is 6.19. The maximum atomic E-state index is 5.37. The first-order valence-electron chi connectivity index (χ1n) is 7.47. The van der Waals surface area contributed by atoms with Gasteiger partial charge in [0.15, 0.2) is 11.6 Å². The number of hydrogen-bond acceptors (Lipinski definition) is 6. The number of aromatic amines is 1. The van der Waals surface area contributed by atoms with Crippen LogP contribution in [0.4, 0.5) is 17.6 Å². The van der Waals surface area contributed by atoms with E-state index in [1.165, 1.54) is 18.5 Å². The third-order valence-corrected chi connectivity index (χ3v) is 4.47. The largest absolute Gasteiger partial charge is 0.378 e. The van der Waals surface area contributed by atoms with Crippen LogP contribution in [0.5, 0.6) is 0 Å². The molecule has 2 aromatic rings. The summed E-state index contributed by atoms with van der Waals surface area (Å²) in [4.78, 5) is 11.1. The summed E-state index contributed by atoms with van der Waals surface area (Å²) in [5, 5.41) is 10.6. The highest BCUT2D eigenvalue weighted by Gasteiger charge is 2.25. The number of anilines is 3. The first-order chi connectivity index (χ1) is 10.8. The van der Waals surface area contributed by atoms with Crippen molar-refractivity contribution in [1.29, 1.82) is 0 Å². The Hall–Kier alpha value is -1.67. The number of halogens is 1. The summed E-state index contributed by atoms with van der Waals surface area (Å²) in [5.41, 5.74) is 1.20. The Morgan fingerprint density at radius 2 is 2.14 bits per heavy atom. The molecule has 2 aliphatic rings. The summed E-state index contributed by atoms with van der Waals surface area (Å²) >= 11 is 3.49. The number of aromatic nitrogens is 4. The second-order valence-electron chi connectivity index (χ2n) is 5.57. The molecule has 2 N–H and O–H groups in total. The Labute approximate surface area is 136 Å². The van der Waals surface area contributed by atoms with E-state index in [9.17, 15) is 0 Å². The van der Waals surface area contributed by atoms with E-state index in [0.29, 0.717) is 25.1 Å². The maximum Gasteiger partial charge on any atom is 0.227 e. The van der Waals surface area contributed by atoms with Gasteiger partial charge in [0, 0.05) is 37.0 Å². The molecular weight excluding hydrogens is 348 g/mol. The molecule has 0 aromatic carbocycles. The Morgan fingerprint density at radius 3 is 2.91 bits per heavy atom. The lowest BCUT2D eigenvalue weighted by Gasteiger charge is -2.27. The van der Waals surface area contributed by atoms with Crippen molar-refractivity contribution in [3.8, 4) is 0 Å². The molecule has 0 amide bonds. The van der Waals surface area contributed by atoms with Crippen LogP contribution in [0.15, 0.2) is 16.7 Å². The molecule has 3 heterocycles. The highest BCUT2D eigenvalue weighted by atomic mass is 79.9. The molecular formula is C14H17BrN6O. The van der Waals surface area contributed by atoms with Gasteiger partial charge in [-0.15, -0.1) is 0 Å². The normalized spacial score (nSPS) is 18.5. The summed E-state index contributed by atoms with van der Waals surface area (Å²) in [6.07, 6.45) is 4.27. The molecule has 8 heteroatoms. The van der Waals surface area contributed by atoms with Gasteiger partial charge in [0.25, 0.3) is 0 Å². The van der Waals surface area contributed by atoms with Gasteiger partial charge in [-0.2, -0.15) is 10.1 Å². The van der Waals surface area contributed by atoms with Crippen LogP contribution < -0.4 is 10.2 Å². The average molecular weight is 365 g/mol. The quantitative estimate of drug-likeness (QED) is 0.867. The number of morpholine rings is 1. The summed E-state index contributed by atoms with van der Waals surface area (Å²) in [6.45, 7) is 3.06. The van der Waals surface area contributed by atoms with Gasteiger partial charge in [-0.3, -0.25) is 5.10 Å². The SMILES string of the molecule is Brc1cnc(N2CCOCC2)nc1Nc1cc(C2CC2)[nH]n1. The molecule has 1 saturated heterocycles. The molecule has 0 bridgehead atoms. The van der Waals surface area contributed by atoms with Crippen LogP contribution in [0.25, 0.3) is 0 Å². The van der Waals surface area contributed by atoms with Crippen molar-refractivity contribution in [2.45, 2.75) is 18.8 Å². The first kappa shape index (κ1) is 14.0. The molecule has 0 radical (unpaired) electrons. The van der Waals surface area contributed by atoms with Crippen LogP contribution in [0, 0.1) is 0 Å². The highest BCUT2D eigenvalue weighted by Crippen LogP contribution is 2.39. The monoisotopic (exact) mass is 364 g/mol. The summed E-state index contributed by atoms with van der Waals surface area (Å²) in [6, 6.07) is 2.06. The van der Waals surface area contributed by atoms with E-state index in [1.807, 2.05) is 0 Å². The van der Waals surface area contributed by atoms with Gasteiger partial charge in [-0.05, 0) is 28.8 Å². The van der Waals surface area contributed by atoms with Crippen molar-refractivity contribution in [3.05, 3.63) is 22.4 Å². The van der Waals surface area contributed by atoms with Gasteiger partial charge in [0.2, 0.25) is 5.95 Å². The zero-order valence-electron chi connectivity index (χ0n) is 12.0. The van der Waals surface area contributed by atoms with Crippen LogP contribution in [0.2, 0.25) is 0 Å². The van der Waals surface area contributed by atoms with Crippen molar-refractivity contribution in [1.82, 2.24) is 20.2 Å². The molecule has 2 aromatic heterocycles. The molecule has 1 aliphatic heterocycles. The standard InChI is InChI=1S/C14H17BrN6O/c15-10-8-16-14(21-3-5-22-6-4-21)18-13(10)17-12-7-11(19-20-12)9-1-2-9/h7-9H,1-6H2,(H2,16,17,18,19,20). The average Bonchev–Trinajstić information content (AvgIpc) is 3.30. The number of H-pyrrole nitrogens is 1. The predicted octanol–water partition coefficient (Wildman–Crippen LogP) is 2.42. The molecule has 0 spiro atoms. The van der Waals surface area contributed by atoms with Crippen LogP contribution >= 0.6 is 15.9 Å². The lowest BCUT2D eigenvalue weighted by molar-refractivity contribution is 0.122. The third-order valence-electron chi connectivity index (χ3n) is 3.89. The van der Waals surface area contributed by atoms with Gasteiger partial charge in [0.05, 0.1) is 17.7 Å². The van der Waals surface area contributed by atoms with Crippen molar-refractivity contribution in [2.24, 2.45) is 0 Å². The lowest BCUT2D eigenvalue weighted by Crippen LogP contribution is -2.37. The number of rotatable bonds is 4. The van der Waals surface area contributed by atoms with E-state index in [-0.39, 0.29) is 0 Å². The molecule has 22 heavy (non-hydrogen) atoms. The van der Waals surface area contributed by atoms with E-state index in [4.69, 9.17) is 4.74 Å².